The summed E-state index contributed by atoms with van der Waals surface area (Å²) in [7, 11) is 0. The molecule has 0 aromatic heterocycles. The molecule has 2 heteroatoms. The predicted molar refractivity (Wildman–Crippen MR) is 65.1 cm³/mol. The highest BCUT2D eigenvalue weighted by molar-refractivity contribution is 6.30. The maximum atomic E-state index is 5.88. The minimum absolute atomic E-state index is 0.472. The van der Waals surface area contributed by atoms with Gasteiger partial charge in [0.25, 0.3) is 0 Å². The van der Waals surface area contributed by atoms with E-state index in [-0.39, 0.29) is 0 Å². The SMILES string of the molecule is C=CCNC(c1ccc(Cl)cc1)C1CC1. The molecule has 1 unspecified atom stereocenters. The van der Waals surface area contributed by atoms with Gasteiger partial charge in [0.15, 0.2) is 0 Å². The van der Waals surface area contributed by atoms with Crippen LogP contribution in [0.2, 0.25) is 5.02 Å². The standard InChI is InChI=1S/C13H16ClN/c1-2-9-15-13(10-3-4-10)11-5-7-12(14)8-6-11/h2,5-8,10,13,15H,1,3-4,9H2. The third kappa shape index (κ3) is 2.83. The summed E-state index contributed by atoms with van der Waals surface area (Å²) in [6.07, 6.45) is 4.57. The van der Waals surface area contributed by atoms with E-state index in [9.17, 15) is 0 Å². The van der Waals surface area contributed by atoms with Crippen LogP contribution in [-0.4, -0.2) is 6.54 Å². The molecule has 0 amide bonds. The highest BCUT2D eigenvalue weighted by Gasteiger charge is 2.31. The van der Waals surface area contributed by atoms with E-state index in [1.165, 1.54) is 18.4 Å². The Kier molecular flexibility index (Phi) is 3.45. The molecule has 1 saturated carbocycles. The Morgan fingerprint density at radius 3 is 2.60 bits per heavy atom. The predicted octanol–water partition coefficient (Wildman–Crippen LogP) is 3.57. The Labute approximate surface area is 96.1 Å². The van der Waals surface area contributed by atoms with Gasteiger partial charge in [-0.15, -0.1) is 6.58 Å². The molecule has 1 aromatic carbocycles. The number of halogens is 1. The summed E-state index contributed by atoms with van der Waals surface area (Å²) in [6, 6.07) is 8.62. The van der Waals surface area contributed by atoms with Gasteiger partial charge in [-0.3, -0.25) is 0 Å². The second kappa shape index (κ2) is 4.82. The Morgan fingerprint density at radius 1 is 1.40 bits per heavy atom. The lowest BCUT2D eigenvalue weighted by atomic mass is 10.0. The van der Waals surface area contributed by atoms with Gasteiger partial charge in [-0.25, -0.2) is 0 Å². The second-order valence-corrected chi connectivity index (χ2v) is 4.50. The van der Waals surface area contributed by atoms with Crippen LogP contribution >= 0.6 is 11.6 Å². The van der Waals surface area contributed by atoms with Crippen molar-refractivity contribution in [1.29, 1.82) is 0 Å². The fourth-order valence-corrected chi connectivity index (χ4v) is 1.99. The van der Waals surface area contributed by atoms with Crippen LogP contribution in [0.1, 0.15) is 24.4 Å². The van der Waals surface area contributed by atoms with Crippen molar-refractivity contribution in [2.75, 3.05) is 6.54 Å². The molecule has 0 heterocycles. The molecule has 2 rings (SSSR count). The molecule has 80 valence electrons. The molecular weight excluding hydrogens is 206 g/mol. The van der Waals surface area contributed by atoms with Crippen LogP contribution in [0.4, 0.5) is 0 Å². The lowest BCUT2D eigenvalue weighted by Gasteiger charge is -2.17. The summed E-state index contributed by atoms with van der Waals surface area (Å²) >= 11 is 5.88. The van der Waals surface area contributed by atoms with E-state index in [1.54, 1.807) is 0 Å². The first-order valence-corrected chi connectivity index (χ1v) is 5.79. The third-order valence-corrected chi connectivity index (χ3v) is 3.06. The van der Waals surface area contributed by atoms with Crippen LogP contribution in [0.5, 0.6) is 0 Å². The first-order chi connectivity index (χ1) is 7.31. The van der Waals surface area contributed by atoms with Crippen LogP contribution in [0, 0.1) is 5.92 Å². The van der Waals surface area contributed by atoms with E-state index in [2.05, 4.69) is 24.0 Å². The Bertz CT molecular complexity index is 327. The fourth-order valence-electron chi connectivity index (χ4n) is 1.87. The largest absolute Gasteiger partial charge is 0.306 e. The summed E-state index contributed by atoms with van der Waals surface area (Å²) in [5.74, 6) is 0.797. The van der Waals surface area contributed by atoms with Gasteiger partial charge in [0.2, 0.25) is 0 Å². The molecule has 1 fully saturated rings. The molecular formula is C13H16ClN. The second-order valence-electron chi connectivity index (χ2n) is 4.06. The van der Waals surface area contributed by atoms with Crippen molar-refractivity contribution >= 4 is 11.6 Å². The van der Waals surface area contributed by atoms with Crippen LogP contribution in [0.3, 0.4) is 0 Å². The molecule has 1 N–H and O–H groups in total. The zero-order valence-corrected chi connectivity index (χ0v) is 9.50. The highest BCUT2D eigenvalue weighted by atomic mass is 35.5. The first-order valence-electron chi connectivity index (χ1n) is 5.41. The molecule has 1 aromatic rings. The van der Waals surface area contributed by atoms with Gasteiger partial charge in [-0.05, 0) is 36.5 Å². The molecule has 0 bridgehead atoms. The van der Waals surface area contributed by atoms with E-state index in [4.69, 9.17) is 11.6 Å². The van der Waals surface area contributed by atoms with E-state index < -0.39 is 0 Å². The average Bonchev–Trinajstić information content (AvgIpc) is 3.05. The molecule has 1 atom stereocenters. The lowest BCUT2D eigenvalue weighted by Crippen LogP contribution is -2.22. The van der Waals surface area contributed by atoms with Gasteiger partial charge in [0.05, 0.1) is 0 Å². The molecule has 0 radical (unpaired) electrons. The van der Waals surface area contributed by atoms with Crippen LogP contribution in [0.25, 0.3) is 0 Å². The van der Waals surface area contributed by atoms with E-state index in [1.807, 2.05) is 18.2 Å². The van der Waals surface area contributed by atoms with Gasteiger partial charge in [0, 0.05) is 17.6 Å². The highest BCUT2D eigenvalue weighted by Crippen LogP contribution is 2.41. The van der Waals surface area contributed by atoms with Gasteiger partial charge < -0.3 is 5.32 Å². The zero-order chi connectivity index (χ0) is 10.7. The number of hydrogen-bond acceptors (Lipinski definition) is 1. The van der Waals surface area contributed by atoms with Crippen LogP contribution in [0.15, 0.2) is 36.9 Å². The maximum absolute atomic E-state index is 5.88. The van der Waals surface area contributed by atoms with Crippen molar-refractivity contribution in [3.05, 3.63) is 47.5 Å². The molecule has 1 nitrogen and oxygen atoms in total. The van der Waals surface area contributed by atoms with Crippen LogP contribution in [-0.2, 0) is 0 Å². The number of benzene rings is 1. The monoisotopic (exact) mass is 221 g/mol. The average molecular weight is 222 g/mol. The van der Waals surface area contributed by atoms with Crippen molar-refractivity contribution < 1.29 is 0 Å². The van der Waals surface area contributed by atoms with Crippen molar-refractivity contribution in [2.45, 2.75) is 18.9 Å². The molecule has 1 aliphatic rings. The van der Waals surface area contributed by atoms with Crippen molar-refractivity contribution in [3.8, 4) is 0 Å². The van der Waals surface area contributed by atoms with E-state index in [0.29, 0.717) is 6.04 Å². The topological polar surface area (TPSA) is 12.0 Å². The van der Waals surface area contributed by atoms with Gasteiger partial charge in [-0.1, -0.05) is 29.8 Å². The Morgan fingerprint density at radius 2 is 2.07 bits per heavy atom. The minimum Gasteiger partial charge on any atom is -0.306 e. The summed E-state index contributed by atoms with van der Waals surface area (Å²) in [5.41, 5.74) is 1.34. The van der Waals surface area contributed by atoms with Gasteiger partial charge in [0.1, 0.15) is 0 Å². The van der Waals surface area contributed by atoms with Crippen molar-refractivity contribution in [2.24, 2.45) is 5.92 Å². The smallest absolute Gasteiger partial charge is 0.0406 e. The zero-order valence-electron chi connectivity index (χ0n) is 8.75. The summed E-state index contributed by atoms with van der Waals surface area (Å²) in [5, 5.41) is 4.31. The molecule has 0 spiro atoms. The Balaban J connectivity index is 2.09. The van der Waals surface area contributed by atoms with Gasteiger partial charge >= 0.3 is 0 Å². The molecule has 0 saturated heterocycles. The first kappa shape index (κ1) is 10.7. The number of nitrogens with one attached hydrogen (secondary N) is 1. The quantitative estimate of drug-likeness (QED) is 0.750. The molecule has 1 aliphatic carbocycles. The van der Waals surface area contributed by atoms with E-state index >= 15 is 0 Å². The third-order valence-electron chi connectivity index (χ3n) is 2.80. The van der Waals surface area contributed by atoms with Crippen molar-refractivity contribution in [1.82, 2.24) is 5.32 Å². The van der Waals surface area contributed by atoms with Crippen LogP contribution < -0.4 is 5.32 Å². The lowest BCUT2D eigenvalue weighted by molar-refractivity contribution is 0.508. The number of hydrogen-bond donors (Lipinski definition) is 1. The molecule has 0 aliphatic heterocycles. The normalized spacial score (nSPS) is 17.4. The van der Waals surface area contributed by atoms with Gasteiger partial charge in [-0.2, -0.15) is 0 Å². The fraction of sp³-hybridized carbons (Fsp3) is 0.385. The Hall–Kier alpha value is -0.790. The maximum Gasteiger partial charge on any atom is 0.0406 e. The van der Waals surface area contributed by atoms with E-state index in [0.717, 1.165) is 17.5 Å². The number of rotatable bonds is 5. The summed E-state index contributed by atoms with van der Waals surface area (Å²) < 4.78 is 0. The minimum atomic E-state index is 0.472. The summed E-state index contributed by atoms with van der Waals surface area (Å²) in [6.45, 7) is 4.60. The van der Waals surface area contributed by atoms with Crippen molar-refractivity contribution in [3.63, 3.8) is 0 Å². The summed E-state index contributed by atoms with van der Waals surface area (Å²) in [4.78, 5) is 0. The molecule has 15 heavy (non-hydrogen) atoms.